The van der Waals surface area contributed by atoms with Gasteiger partial charge >= 0.3 is 0 Å². The van der Waals surface area contributed by atoms with Gasteiger partial charge in [-0.05, 0) is 147 Å². The summed E-state index contributed by atoms with van der Waals surface area (Å²) in [6.45, 7) is -0.141. The van der Waals surface area contributed by atoms with Crippen molar-refractivity contribution in [3.05, 3.63) is 155 Å². The number of amidine groups is 1. The molecule has 35 heteroatoms. The van der Waals surface area contributed by atoms with E-state index in [0.717, 1.165) is 39.0 Å². The van der Waals surface area contributed by atoms with E-state index in [9.17, 15) is 19.2 Å². The van der Waals surface area contributed by atoms with Crippen LogP contribution in [0.3, 0.4) is 0 Å². The quantitative estimate of drug-likeness (QED) is 0.0112. The lowest BCUT2D eigenvalue weighted by atomic mass is 9.89. The van der Waals surface area contributed by atoms with Crippen molar-refractivity contribution in [1.29, 1.82) is 21.6 Å². The molecule has 0 spiro atoms. The highest BCUT2D eigenvalue weighted by Gasteiger charge is 2.36. The molecular weight excluding hydrogens is 1600 g/mol. The van der Waals surface area contributed by atoms with Gasteiger partial charge in [0.1, 0.15) is 36.8 Å². The second-order valence-electron chi connectivity index (χ2n) is 30.6. The molecule has 0 radical (unpaired) electrons. The fourth-order valence-electron chi connectivity index (χ4n) is 14.2. The fraction of sp³-hybridized carbons (Fsp3) is 0.506. The Morgan fingerprint density at radius 1 is 0.451 bits per heavy atom. The summed E-state index contributed by atoms with van der Waals surface area (Å²) < 4.78 is 11.3. The number of ketones is 3. The summed E-state index contributed by atoms with van der Waals surface area (Å²) in [5, 5.41) is 64.7. The molecule has 1 fully saturated rings. The topological polar surface area (TPSA) is 564 Å². The van der Waals surface area contributed by atoms with Gasteiger partial charge in [0.25, 0.3) is 0 Å². The number of nitrogens with two attached hydrogens (primary N) is 5. The van der Waals surface area contributed by atoms with Crippen LogP contribution in [0.1, 0.15) is 160 Å². The predicted octanol–water partition coefficient (Wildman–Crippen LogP) is 4.16. The minimum atomic E-state index is -1.45. The monoisotopic (exact) mass is 1720 g/mol. The molecular formula is C87H126N20O13S2. The number of carbonyl (C=O) groups is 11. The zero-order valence-electron chi connectivity index (χ0n) is 70.1. The number of benzene rings is 5. The summed E-state index contributed by atoms with van der Waals surface area (Å²) in [6.07, 6.45) is 6.64. The van der Waals surface area contributed by atoms with Crippen LogP contribution < -0.4 is 87.2 Å². The molecule has 0 aliphatic carbocycles. The molecule has 1 saturated heterocycles. The highest BCUT2D eigenvalue weighted by atomic mass is 32.2. The van der Waals surface area contributed by atoms with E-state index in [0.29, 0.717) is 55.2 Å². The smallest absolute Gasteiger partial charge is 0.243 e. The molecule has 5 aromatic rings. The number of hydrogen-bond acceptors (Lipinski definition) is 20. The first-order chi connectivity index (χ1) is 58.7. The van der Waals surface area contributed by atoms with Gasteiger partial charge in [0.2, 0.25) is 47.3 Å². The van der Waals surface area contributed by atoms with Crippen LogP contribution in [-0.2, 0) is 88.2 Å². The van der Waals surface area contributed by atoms with Gasteiger partial charge in [-0.2, -0.15) is 23.5 Å². The zero-order chi connectivity index (χ0) is 88.6. The van der Waals surface area contributed by atoms with E-state index >= 15 is 33.6 Å². The summed E-state index contributed by atoms with van der Waals surface area (Å²) in [5.41, 5.74) is 33.4. The first-order valence-corrected chi connectivity index (χ1v) is 44.5. The number of fused-ring (bicyclic) bond motifs is 1. The average Bonchev–Trinajstić information content (AvgIpc) is 0.813. The van der Waals surface area contributed by atoms with Crippen LogP contribution in [0.25, 0.3) is 10.8 Å². The van der Waals surface area contributed by atoms with E-state index in [1.807, 2.05) is 104 Å². The molecule has 1 aliphatic heterocycles. The molecule has 33 nitrogen and oxygen atoms in total. The first kappa shape index (κ1) is 99.8. The number of hydrogen-bond donors (Lipinski definition) is 20. The van der Waals surface area contributed by atoms with Gasteiger partial charge in [-0.1, -0.05) is 128 Å². The normalized spacial score (nSPS) is 18.7. The van der Waals surface area contributed by atoms with Crippen LogP contribution in [-0.4, -0.2) is 202 Å². The Bertz CT molecular complexity index is 4240. The molecule has 0 unspecified atom stereocenters. The molecule has 25 N–H and O–H groups in total. The van der Waals surface area contributed by atoms with E-state index in [1.165, 1.54) is 0 Å². The highest BCUT2D eigenvalue weighted by molar-refractivity contribution is 7.98. The maximum Gasteiger partial charge on any atom is 0.243 e. The van der Waals surface area contributed by atoms with Gasteiger partial charge in [-0.15, -0.1) is 0 Å². The SMILES string of the molecule is CSCc1cc(CSC)cc(C(=O)CCCCC[C@H](CC(=O)COCCOCCNC(=O)CC[C@H]2CN[C@@H](Cc3ccccc3)C(=O)C[C@H](Cc3ccccc3)C(=O)N[C@@H](Cc3ccc4ccccc4c3)C(=O)N[C@@H](CCCCC(=N)N)C(=O)N[C@H](CCCNC(=N)N)C(=O)N[C@@H](CCCNC(=N)N)C(=O)N[C@H](CCCNC(=N)N)C(=O)N2)C(N)=O)c1. The third-order valence-electron chi connectivity index (χ3n) is 20.6. The number of Topliss-reactive ketones (excluding diaryl/α,β-unsaturated/α-hetero) is 3. The largest absolute Gasteiger partial charge is 0.388 e. The van der Waals surface area contributed by atoms with Crippen LogP contribution >= 0.6 is 23.5 Å². The number of unbranched alkanes of at least 4 members (excludes halogenated alkanes) is 3. The van der Waals surface area contributed by atoms with Crippen molar-refractivity contribution in [2.75, 3.05) is 71.7 Å². The minimum Gasteiger partial charge on any atom is -0.388 e. The molecule has 0 aromatic heterocycles. The molecule has 5 aromatic carbocycles. The van der Waals surface area contributed by atoms with Gasteiger partial charge in [0.15, 0.2) is 35.2 Å². The molecule has 664 valence electrons. The second kappa shape index (κ2) is 55.8. The van der Waals surface area contributed by atoms with Crippen LogP contribution in [0.2, 0.25) is 0 Å². The average molecular weight is 1720 g/mol. The second-order valence-corrected chi connectivity index (χ2v) is 32.4. The lowest BCUT2D eigenvalue weighted by Gasteiger charge is -2.29. The van der Waals surface area contributed by atoms with Crippen LogP contribution in [0.15, 0.2) is 121 Å². The number of thioether (sulfide) groups is 2. The van der Waals surface area contributed by atoms with E-state index in [-0.39, 0.29) is 197 Å². The number of rotatable bonds is 48. The number of carbonyl (C=O) groups excluding carboxylic acids is 11. The Balaban J connectivity index is 1.27. The van der Waals surface area contributed by atoms with Crippen molar-refractivity contribution in [3.8, 4) is 0 Å². The highest BCUT2D eigenvalue weighted by Crippen LogP contribution is 2.24. The summed E-state index contributed by atoms with van der Waals surface area (Å²) in [6, 6.07) is 28.2. The standard InChI is InChI=1S/C87H126N20O13S2/c1-121-54-59-43-60(55-122-2)47-64(46-59)74(109)30-11-5-10-25-63(78(90)112)50-67(108)53-120-42-41-119-40-39-97-77(111)35-34-66-52-101-72(48-57-21-8-4-9-22-57)75(110)51-65(44-56-19-6-3-7-20-56)79(113)107-73(49-58-32-33-61-23-12-13-24-62(61)45-58)84(118)106-68(26-14-15-31-76(88)89)81(115)104-71(29-18-38-100-87(95)96)83(117)105-70(28-17-37-99-86(93)94)82(116)103-69(80(114)102-66)27-16-36-98-85(91)92/h3-4,6-9,12-13,19-24,32-33,43,45-47,63,65-66,68-73,101H,5,10-11,14-18,25-31,34-42,44,48-55H2,1-2H3,(H3,88,89)(H2,90,112)(H,97,111)(H,102,114)(H,103,116)(H,104,115)(H,105,117)(H,106,118)(H,107,113)(H4,91,92,98)(H4,93,94,99)(H4,95,96,100)/t63-,65+,66+,68+,69-,70+,71-,72+,73+/m1/s1. The molecule has 122 heavy (non-hydrogen) atoms. The van der Waals surface area contributed by atoms with E-state index in [1.54, 1.807) is 47.8 Å². The van der Waals surface area contributed by atoms with Crippen molar-refractivity contribution in [2.24, 2.45) is 40.5 Å². The van der Waals surface area contributed by atoms with Crippen molar-refractivity contribution < 1.29 is 62.2 Å². The van der Waals surface area contributed by atoms with Gasteiger partial charge in [0.05, 0.1) is 31.7 Å². The van der Waals surface area contributed by atoms with Crippen molar-refractivity contribution in [1.82, 2.24) is 58.5 Å². The van der Waals surface area contributed by atoms with Gasteiger partial charge < -0.3 is 96.6 Å². The molecule has 0 bridgehead atoms. The van der Waals surface area contributed by atoms with Crippen molar-refractivity contribution >= 4 is 123 Å². The van der Waals surface area contributed by atoms with Crippen LogP contribution in [0.5, 0.6) is 0 Å². The summed E-state index contributed by atoms with van der Waals surface area (Å²) in [4.78, 5) is 159. The van der Waals surface area contributed by atoms with Crippen LogP contribution in [0, 0.1) is 33.5 Å². The number of guanidine groups is 3. The molecule has 9 atom stereocenters. The van der Waals surface area contributed by atoms with Gasteiger partial charge in [0, 0.05) is 106 Å². The number of amides is 8. The summed E-state index contributed by atoms with van der Waals surface area (Å²) in [5.74, 6) is -7.93. The third kappa shape index (κ3) is 39.2. The number of primary amides is 1. The third-order valence-corrected chi connectivity index (χ3v) is 21.8. The van der Waals surface area contributed by atoms with Crippen LogP contribution in [0.4, 0.5) is 0 Å². The predicted molar refractivity (Wildman–Crippen MR) is 477 cm³/mol. The number of ether oxygens (including phenoxy) is 2. The molecule has 1 heterocycles. The maximum absolute atomic E-state index is 15.5. The fourth-order valence-corrected chi connectivity index (χ4v) is 15.2. The first-order valence-electron chi connectivity index (χ1n) is 41.7. The molecule has 6 rings (SSSR count). The molecule has 8 amide bonds. The Morgan fingerprint density at radius 2 is 0.943 bits per heavy atom. The molecule has 0 saturated carbocycles. The molecule has 1 aliphatic rings. The summed E-state index contributed by atoms with van der Waals surface area (Å²) >= 11 is 3.40. The Kier molecular flexibility index (Phi) is 45.7. The Labute approximate surface area is 723 Å². The maximum atomic E-state index is 15.5. The van der Waals surface area contributed by atoms with Gasteiger partial charge in [-0.3, -0.25) is 74.4 Å². The van der Waals surface area contributed by atoms with Crippen molar-refractivity contribution in [3.63, 3.8) is 0 Å². The van der Waals surface area contributed by atoms with E-state index < -0.39 is 107 Å². The number of nitrogens with one attached hydrogen (secondary N) is 15. The van der Waals surface area contributed by atoms with Gasteiger partial charge in [-0.25, -0.2) is 0 Å². The Morgan fingerprint density at radius 3 is 1.48 bits per heavy atom. The lowest BCUT2D eigenvalue weighted by molar-refractivity contribution is -0.136. The van der Waals surface area contributed by atoms with E-state index in [4.69, 9.17) is 59.8 Å². The van der Waals surface area contributed by atoms with E-state index in [2.05, 4.69) is 64.6 Å². The Hall–Kier alpha value is -11.0. The lowest BCUT2D eigenvalue weighted by Crippen LogP contribution is -2.60. The van der Waals surface area contributed by atoms with Crippen molar-refractivity contribution in [2.45, 2.75) is 195 Å². The zero-order valence-corrected chi connectivity index (χ0v) is 71.7. The minimum absolute atomic E-state index is 0.0140. The summed E-state index contributed by atoms with van der Waals surface area (Å²) in [7, 11) is 0.